The Bertz CT molecular complexity index is 847. The van der Waals surface area contributed by atoms with E-state index in [-0.39, 0.29) is 24.9 Å². The van der Waals surface area contributed by atoms with Crippen molar-refractivity contribution in [3.63, 3.8) is 0 Å². The van der Waals surface area contributed by atoms with E-state index < -0.39 is 24.4 Å². The number of aliphatic hydroxyl groups excluding tert-OH is 1. The summed E-state index contributed by atoms with van der Waals surface area (Å²) >= 11 is 0. The van der Waals surface area contributed by atoms with Crippen LogP contribution >= 0.6 is 0 Å². The molecular formula is C18H26F2N6O2. The molecule has 154 valence electrons. The zero-order valence-corrected chi connectivity index (χ0v) is 15.7. The third-order valence-corrected chi connectivity index (χ3v) is 6.03. The zero-order valence-electron chi connectivity index (χ0n) is 15.7. The molecule has 2 aromatic heterocycles. The minimum Gasteiger partial charge on any atom is -0.388 e. The van der Waals surface area contributed by atoms with E-state index in [0.29, 0.717) is 36.4 Å². The summed E-state index contributed by atoms with van der Waals surface area (Å²) in [4.78, 5) is 9.91. The number of anilines is 1. The van der Waals surface area contributed by atoms with Gasteiger partial charge in [-0.1, -0.05) is 6.92 Å². The highest BCUT2D eigenvalue weighted by Gasteiger charge is 2.46. The standard InChI is InChI=1S/C18H26F2N6O2/c1-10-13(7-25-8-18(19,20)4-2-11(25)6-21)28-17(14(10)27)26-5-3-12-15(22)23-9-24-16(12)26/h3,5,9-11,13-14,17,27H,2,4,6-8,21H2,1H3,(H2,22,23,24)/t10-,11?,13-,14-,17-/m1/s1. The van der Waals surface area contributed by atoms with Gasteiger partial charge in [0.25, 0.3) is 5.92 Å². The molecule has 2 fully saturated rings. The molecule has 5 atom stereocenters. The van der Waals surface area contributed by atoms with Crippen molar-refractivity contribution in [1.29, 1.82) is 0 Å². The summed E-state index contributed by atoms with van der Waals surface area (Å²) in [5.41, 5.74) is 12.2. The van der Waals surface area contributed by atoms with Gasteiger partial charge in [0.2, 0.25) is 0 Å². The lowest BCUT2D eigenvalue weighted by Gasteiger charge is -2.40. The summed E-state index contributed by atoms with van der Waals surface area (Å²) in [6, 6.07) is 1.67. The van der Waals surface area contributed by atoms with Crippen LogP contribution in [0.15, 0.2) is 18.6 Å². The quantitative estimate of drug-likeness (QED) is 0.705. The SMILES string of the molecule is C[C@H]1[C@@H](O)[C@H](n2ccc3c(N)ncnc32)O[C@@H]1CN1CC(F)(F)CCC1CN. The third-order valence-electron chi connectivity index (χ3n) is 6.03. The van der Waals surface area contributed by atoms with Gasteiger partial charge < -0.3 is 25.9 Å². The number of hydrogen-bond donors (Lipinski definition) is 3. The molecule has 1 unspecified atom stereocenters. The first kappa shape index (κ1) is 19.4. The fourth-order valence-corrected chi connectivity index (χ4v) is 4.28. The van der Waals surface area contributed by atoms with Crippen molar-refractivity contribution >= 4 is 16.9 Å². The van der Waals surface area contributed by atoms with Gasteiger partial charge >= 0.3 is 0 Å². The molecule has 2 aromatic rings. The molecule has 0 aromatic carbocycles. The van der Waals surface area contributed by atoms with Crippen molar-refractivity contribution in [2.45, 2.75) is 50.2 Å². The molecule has 28 heavy (non-hydrogen) atoms. The number of hydrogen-bond acceptors (Lipinski definition) is 7. The highest BCUT2D eigenvalue weighted by Crippen LogP contribution is 2.38. The predicted molar refractivity (Wildman–Crippen MR) is 99.6 cm³/mol. The second-order valence-electron chi connectivity index (χ2n) is 7.85. The molecule has 0 amide bonds. The molecule has 2 saturated heterocycles. The normalized spacial score (nSPS) is 33.5. The Hall–Kier alpha value is -1.88. The van der Waals surface area contributed by atoms with E-state index in [9.17, 15) is 13.9 Å². The Morgan fingerprint density at radius 1 is 1.39 bits per heavy atom. The van der Waals surface area contributed by atoms with Crippen LogP contribution in [0.1, 0.15) is 26.0 Å². The number of aliphatic hydroxyl groups is 1. The number of alkyl halides is 2. The molecule has 0 radical (unpaired) electrons. The molecule has 0 aliphatic carbocycles. The summed E-state index contributed by atoms with van der Waals surface area (Å²) < 4.78 is 35.7. The second kappa shape index (κ2) is 7.18. The number of aromatic nitrogens is 3. The monoisotopic (exact) mass is 396 g/mol. The molecule has 4 heterocycles. The highest BCUT2D eigenvalue weighted by atomic mass is 19.3. The van der Waals surface area contributed by atoms with Gasteiger partial charge in [0.05, 0.1) is 18.0 Å². The van der Waals surface area contributed by atoms with Crippen molar-refractivity contribution in [1.82, 2.24) is 19.4 Å². The Morgan fingerprint density at radius 3 is 2.93 bits per heavy atom. The lowest BCUT2D eigenvalue weighted by molar-refractivity contribution is -0.101. The molecular weight excluding hydrogens is 370 g/mol. The molecule has 5 N–H and O–H groups in total. The summed E-state index contributed by atoms with van der Waals surface area (Å²) in [6.45, 7) is 2.15. The summed E-state index contributed by atoms with van der Waals surface area (Å²) in [6.07, 6.45) is 1.43. The fraction of sp³-hybridized carbons (Fsp3) is 0.667. The number of fused-ring (bicyclic) bond motifs is 1. The first-order valence-corrected chi connectivity index (χ1v) is 9.53. The Balaban J connectivity index is 1.55. The molecule has 0 spiro atoms. The van der Waals surface area contributed by atoms with E-state index in [2.05, 4.69) is 9.97 Å². The molecule has 10 heteroatoms. The highest BCUT2D eigenvalue weighted by molar-refractivity contribution is 5.86. The Morgan fingerprint density at radius 2 is 2.18 bits per heavy atom. The van der Waals surface area contributed by atoms with Gasteiger partial charge in [0, 0.05) is 37.7 Å². The van der Waals surface area contributed by atoms with Crippen LogP contribution in [0.3, 0.4) is 0 Å². The van der Waals surface area contributed by atoms with E-state index in [0.717, 1.165) is 0 Å². The van der Waals surface area contributed by atoms with Crippen LogP contribution in [0, 0.1) is 5.92 Å². The lowest BCUT2D eigenvalue weighted by atomic mass is 9.95. The number of rotatable bonds is 4. The largest absolute Gasteiger partial charge is 0.388 e. The van der Waals surface area contributed by atoms with Crippen LogP contribution in [-0.2, 0) is 4.74 Å². The number of ether oxygens (including phenoxy) is 1. The molecule has 4 rings (SSSR count). The molecule has 0 bridgehead atoms. The van der Waals surface area contributed by atoms with Crippen LogP contribution < -0.4 is 11.5 Å². The Labute approximate surface area is 161 Å². The van der Waals surface area contributed by atoms with Crippen molar-refractivity contribution in [3.05, 3.63) is 18.6 Å². The Kier molecular flexibility index (Phi) is 4.98. The predicted octanol–water partition coefficient (Wildman–Crippen LogP) is 0.966. The first-order chi connectivity index (χ1) is 13.3. The molecule has 2 aliphatic heterocycles. The van der Waals surface area contributed by atoms with E-state index in [1.807, 2.05) is 6.92 Å². The third kappa shape index (κ3) is 3.34. The van der Waals surface area contributed by atoms with Crippen LogP contribution in [0.25, 0.3) is 11.0 Å². The van der Waals surface area contributed by atoms with Crippen LogP contribution in [-0.4, -0.2) is 68.3 Å². The maximum atomic E-state index is 13.9. The van der Waals surface area contributed by atoms with Crippen molar-refractivity contribution in [2.24, 2.45) is 11.7 Å². The second-order valence-corrected chi connectivity index (χ2v) is 7.85. The van der Waals surface area contributed by atoms with E-state index in [1.165, 1.54) is 6.33 Å². The van der Waals surface area contributed by atoms with Gasteiger partial charge in [0.15, 0.2) is 6.23 Å². The lowest BCUT2D eigenvalue weighted by Crippen LogP contribution is -2.54. The molecule has 2 aliphatic rings. The van der Waals surface area contributed by atoms with Crippen molar-refractivity contribution in [3.8, 4) is 0 Å². The van der Waals surface area contributed by atoms with Gasteiger partial charge in [-0.25, -0.2) is 18.7 Å². The number of piperidine rings is 1. The van der Waals surface area contributed by atoms with Crippen LogP contribution in [0.2, 0.25) is 0 Å². The van der Waals surface area contributed by atoms with Gasteiger partial charge in [-0.3, -0.25) is 4.90 Å². The van der Waals surface area contributed by atoms with Crippen LogP contribution in [0.5, 0.6) is 0 Å². The fourth-order valence-electron chi connectivity index (χ4n) is 4.28. The average molecular weight is 396 g/mol. The smallest absolute Gasteiger partial charge is 0.260 e. The number of halogens is 2. The number of nitrogens with zero attached hydrogens (tertiary/aromatic N) is 4. The maximum absolute atomic E-state index is 13.9. The van der Waals surface area contributed by atoms with Gasteiger partial charge in [-0.05, 0) is 12.5 Å². The number of likely N-dealkylation sites (tertiary alicyclic amines) is 1. The number of nitrogens with two attached hydrogens (primary N) is 2. The molecule has 8 nitrogen and oxygen atoms in total. The van der Waals surface area contributed by atoms with E-state index >= 15 is 0 Å². The summed E-state index contributed by atoms with van der Waals surface area (Å²) in [7, 11) is 0. The van der Waals surface area contributed by atoms with E-state index in [1.54, 1.807) is 21.7 Å². The number of nitrogen functional groups attached to an aromatic ring is 1. The topological polar surface area (TPSA) is 115 Å². The average Bonchev–Trinajstić information content (AvgIpc) is 3.19. The first-order valence-electron chi connectivity index (χ1n) is 9.53. The van der Waals surface area contributed by atoms with Gasteiger partial charge in [0.1, 0.15) is 23.9 Å². The minimum absolute atomic E-state index is 0.105. The van der Waals surface area contributed by atoms with Gasteiger partial charge in [-0.15, -0.1) is 0 Å². The zero-order chi connectivity index (χ0) is 20.1. The van der Waals surface area contributed by atoms with Crippen LogP contribution in [0.4, 0.5) is 14.6 Å². The minimum atomic E-state index is -2.73. The maximum Gasteiger partial charge on any atom is 0.260 e. The molecule has 0 saturated carbocycles. The van der Waals surface area contributed by atoms with Crippen molar-refractivity contribution < 1.29 is 18.6 Å². The summed E-state index contributed by atoms with van der Waals surface area (Å²) in [5, 5.41) is 11.4. The van der Waals surface area contributed by atoms with Gasteiger partial charge in [-0.2, -0.15) is 0 Å². The van der Waals surface area contributed by atoms with E-state index in [4.69, 9.17) is 16.2 Å². The van der Waals surface area contributed by atoms with Crippen molar-refractivity contribution in [2.75, 3.05) is 25.4 Å². The summed E-state index contributed by atoms with van der Waals surface area (Å²) in [5.74, 6) is -2.62.